The molecule has 7 heteroatoms. The molecule has 0 aromatic heterocycles. The van der Waals surface area contributed by atoms with Crippen molar-refractivity contribution >= 4 is 11.4 Å². The summed E-state index contributed by atoms with van der Waals surface area (Å²) in [7, 11) is 3.17. The van der Waals surface area contributed by atoms with E-state index in [2.05, 4.69) is 5.32 Å². The first-order chi connectivity index (χ1) is 11.1. The van der Waals surface area contributed by atoms with Crippen molar-refractivity contribution in [1.29, 1.82) is 0 Å². The standard InChI is InChI=1S/C16H19N3O4/c1-22-14-7-6-11(8-15(14)23-2)9-18-10-12-4-3-5-13(16(12)17)19(20)21/h3-8,18H,9-10,17H2,1-2H3. The highest BCUT2D eigenvalue weighted by atomic mass is 16.6. The summed E-state index contributed by atoms with van der Waals surface area (Å²) < 4.78 is 10.4. The van der Waals surface area contributed by atoms with Crippen molar-refractivity contribution in [2.75, 3.05) is 20.0 Å². The Morgan fingerprint density at radius 2 is 1.87 bits per heavy atom. The van der Waals surface area contributed by atoms with Gasteiger partial charge in [0.05, 0.1) is 19.1 Å². The Hall–Kier alpha value is -2.80. The van der Waals surface area contributed by atoms with Crippen LogP contribution in [0.4, 0.5) is 11.4 Å². The molecule has 0 bridgehead atoms. The summed E-state index contributed by atoms with van der Waals surface area (Å²) in [6.07, 6.45) is 0. The fraction of sp³-hybridized carbons (Fsp3) is 0.250. The third kappa shape index (κ3) is 3.89. The Balaban J connectivity index is 2.03. The Labute approximate surface area is 134 Å². The first-order valence-corrected chi connectivity index (χ1v) is 7.00. The Morgan fingerprint density at radius 1 is 1.13 bits per heavy atom. The molecule has 0 saturated carbocycles. The number of nitrogen functional groups attached to an aromatic ring is 1. The largest absolute Gasteiger partial charge is 0.493 e. The predicted molar refractivity (Wildman–Crippen MR) is 87.6 cm³/mol. The van der Waals surface area contributed by atoms with Gasteiger partial charge in [-0.15, -0.1) is 0 Å². The molecule has 0 aliphatic heterocycles. The number of nitro benzene ring substituents is 1. The smallest absolute Gasteiger partial charge is 0.292 e. The van der Waals surface area contributed by atoms with Gasteiger partial charge in [-0.3, -0.25) is 10.1 Å². The molecule has 0 aliphatic rings. The molecule has 0 unspecified atom stereocenters. The van der Waals surface area contributed by atoms with Gasteiger partial charge in [-0.1, -0.05) is 18.2 Å². The molecule has 0 atom stereocenters. The van der Waals surface area contributed by atoms with Gasteiger partial charge < -0.3 is 20.5 Å². The minimum Gasteiger partial charge on any atom is -0.493 e. The number of hydrogen-bond donors (Lipinski definition) is 2. The van der Waals surface area contributed by atoms with Crippen LogP contribution in [0.1, 0.15) is 11.1 Å². The van der Waals surface area contributed by atoms with Crippen LogP contribution in [0, 0.1) is 10.1 Å². The van der Waals surface area contributed by atoms with Crippen molar-refractivity contribution in [3.8, 4) is 11.5 Å². The fourth-order valence-electron chi connectivity index (χ4n) is 2.24. The lowest BCUT2D eigenvalue weighted by molar-refractivity contribution is -0.383. The van der Waals surface area contributed by atoms with Gasteiger partial charge in [0.15, 0.2) is 11.5 Å². The van der Waals surface area contributed by atoms with Crippen molar-refractivity contribution in [1.82, 2.24) is 5.32 Å². The van der Waals surface area contributed by atoms with Crippen LogP contribution >= 0.6 is 0 Å². The molecule has 0 spiro atoms. The first-order valence-electron chi connectivity index (χ1n) is 7.00. The van der Waals surface area contributed by atoms with E-state index in [9.17, 15) is 10.1 Å². The van der Waals surface area contributed by atoms with Crippen LogP contribution in [-0.2, 0) is 13.1 Å². The molecule has 0 saturated heterocycles. The second kappa shape index (κ2) is 7.46. The summed E-state index contributed by atoms with van der Waals surface area (Å²) in [5.74, 6) is 1.32. The molecule has 2 aromatic carbocycles. The highest BCUT2D eigenvalue weighted by molar-refractivity contribution is 5.62. The number of anilines is 1. The molecule has 0 amide bonds. The summed E-state index contributed by atoms with van der Waals surface area (Å²) in [5.41, 5.74) is 7.65. The zero-order chi connectivity index (χ0) is 16.8. The van der Waals surface area contributed by atoms with E-state index >= 15 is 0 Å². The van der Waals surface area contributed by atoms with Crippen LogP contribution in [0.5, 0.6) is 11.5 Å². The quantitative estimate of drug-likeness (QED) is 0.462. The van der Waals surface area contributed by atoms with E-state index in [0.717, 1.165) is 5.56 Å². The number of rotatable bonds is 7. The number of nitrogens with zero attached hydrogens (tertiary/aromatic N) is 1. The van der Waals surface area contributed by atoms with Gasteiger partial charge in [-0.25, -0.2) is 0 Å². The maximum atomic E-state index is 10.9. The monoisotopic (exact) mass is 317 g/mol. The summed E-state index contributed by atoms with van der Waals surface area (Å²) in [6, 6.07) is 10.4. The molecule has 0 fully saturated rings. The molecule has 2 aromatic rings. The molecule has 122 valence electrons. The lowest BCUT2D eigenvalue weighted by Crippen LogP contribution is -2.14. The Kier molecular flexibility index (Phi) is 5.37. The molecular weight excluding hydrogens is 298 g/mol. The third-order valence-corrected chi connectivity index (χ3v) is 3.46. The lowest BCUT2D eigenvalue weighted by atomic mass is 10.1. The predicted octanol–water partition coefficient (Wildman–Crippen LogP) is 2.48. The number of nitrogens with two attached hydrogens (primary N) is 1. The number of nitrogens with one attached hydrogen (secondary N) is 1. The number of methoxy groups -OCH3 is 2. The Morgan fingerprint density at radius 3 is 2.52 bits per heavy atom. The second-order valence-electron chi connectivity index (χ2n) is 4.90. The van der Waals surface area contributed by atoms with Crippen LogP contribution < -0.4 is 20.5 Å². The number of nitro groups is 1. The summed E-state index contributed by atoms with van der Waals surface area (Å²) in [4.78, 5) is 10.4. The van der Waals surface area contributed by atoms with Crippen LogP contribution in [0.3, 0.4) is 0 Å². The third-order valence-electron chi connectivity index (χ3n) is 3.46. The maximum Gasteiger partial charge on any atom is 0.292 e. The van der Waals surface area contributed by atoms with E-state index in [1.165, 1.54) is 6.07 Å². The average Bonchev–Trinajstić information content (AvgIpc) is 2.56. The van der Waals surface area contributed by atoms with Gasteiger partial charge in [0.1, 0.15) is 5.69 Å². The van der Waals surface area contributed by atoms with Crippen molar-refractivity contribution < 1.29 is 14.4 Å². The topological polar surface area (TPSA) is 99.6 Å². The van der Waals surface area contributed by atoms with Crippen LogP contribution in [0.2, 0.25) is 0 Å². The number of ether oxygens (including phenoxy) is 2. The van der Waals surface area contributed by atoms with Crippen molar-refractivity contribution in [2.24, 2.45) is 0 Å². The van der Waals surface area contributed by atoms with Gasteiger partial charge in [0.25, 0.3) is 5.69 Å². The van der Waals surface area contributed by atoms with Gasteiger partial charge in [0.2, 0.25) is 0 Å². The number of para-hydroxylation sites is 1. The van der Waals surface area contributed by atoms with Gasteiger partial charge in [-0.05, 0) is 23.3 Å². The minimum absolute atomic E-state index is 0.0737. The maximum absolute atomic E-state index is 10.9. The molecule has 0 heterocycles. The van der Waals surface area contributed by atoms with Crippen molar-refractivity contribution in [3.63, 3.8) is 0 Å². The summed E-state index contributed by atoms with van der Waals surface area (Å²) in [6.45, 7) is 1.00. The fourth-order valence-corrected chi connectivity index (χ4v) is 2.24. The zero-order valence-corrected chi connectivity index (χ0v) is 13.0. The van der Waals surface area contributed by atoms with Crippen LogP contribution in [-0.4, -0.2) is 19.1 Å². The lowest BCUT2D eigenvalue weighted by Gasteiger charge is -2.11. The minimum atomic E-state index is -0.479. The normalized spacial score (nSPS) is 10.3. The highest BCUT2D eigenvalue weighted by Gasteiger charge is 2.13. The van der Waals surface area contributed by atoms with Gasteiger partial charge in [-0.2, -0.15) is 0 Å². The van der Waals surface area contributed by atoms with Gasteiger partial charge in [0, 0.05) is 19.2 Å². The number of benzene rings is 2. The van der Waals surface area contributed by atoms with Crippen LogP contribution in [0.25, 0.3) is 0 Å². The number of hydrogen-bond acceptors (Lipinski definition) is 6. The SMILES string of the molecule is COc1ccc(CNCc2cccc([N+](=O)[O-])c2N)cc1OC. The zero-order valence-electron chi connectivity index (χ0n) is 13.0. The Bertz CT molecular complexity index is 704. The van der Waals surface area contributed by atoms with Crippen molar-refractivity contribution in [2.45, 2.75) is 13.1 Å². The molecular formula is C16H19N3O4. The van der Waals surface area contributed by atoms with E-state index < -0.39 is 4.92 Å². The molecule has 3 N–H and O–H groups in total. The first kappa shape index (κ1) is 16.6. The summed E-state index contributed by atoms with van der Waals surface area (Å²) in [5, 5.41) is 14.1. The highest BCUT2D eigenvalue weighted by Crippen LogP contribution is 2.28. The van der Waals surface area contributed by atoms with E-state index in [-0.39, 0.29) is 11.4 Å². The summed E-state index contributed by atoms with van der Waals surface area (Å²) >= 11 is 0. The van der Waals surface area contributed by atoms with Crippen LogP contribution in [0.15, 0.2) is 36.4 Å². The molecule has 23 heavy (non-hydrogen) atoms. The second-order valence-corrected chi connectivity index (χ2v) is 4.90. The van der Waals surface area contributed by atoms with E-state index in [1.54, 1.807) is 26.4 Å². The molecule has 0 radical (unpaired) electrons. The van der Waals surface area contributed by atoms with E-state index in [4.69, 9.17) is 15.2 Å². The van der Waals surface area contributed by atoms with Crippen molar-refractivity contribution in [3.05, 3.63) is 57.6 Å². The van der Waals surface area contributed by atoms with E-state index in [0.29, 0.717) is 30.2 Å². The van der Waals surface area contributed by atoms with E-state index in [1.807, 2.05) is 18.2 Å². The van der Waals surface area contributed by atoms with Gasteiger partial charge >= 0.3 is 0 Å². The molecule has 2 rings (SSSR count). The molecule has 0 aliphatic carbocycles. The molecule has 7 nitrogen and oxygen atoms in total. The average molecular weight is 317 g/mol.